The molecule has 1 aromatic heterocycles. The van der Waals surface area contributed by atoms with E-state index in [9.17, 15) is 0 Å². The van der Waals surface area contributed by atoms with Crippen LogP contribution in [-0.2, 0) is 13.5 Å². The average Bonchev–Trinajstić information content (AvgIpc) is 2.74. The molecular weight excluding hydrogens is 242 g/mol. The molecule has 0 aliphatic carbocycles. The summed E-state index contributed by atoms with van der Waals surface area (Å²) in [4.78, 5) is 0. The molecule has 1 aromatic carbocycles. The van der Waals surface area contributed by atoms with Crippen LogP contribution >= 0.6 is 0 Å². The van der Waals surface area contributed by atoms with E-state index < -0.39 is 0 Å². The van der Waals surface area contributed by atoms with Gasteiger partial charge in [-0.2, -0.15) is 0 Å². The van der Waals surface area contributed by atoms with Gasteiger partial charge in [0.05, 0.1) is 5.69 Å². The van der Waals surface area contributed by atoms with E-state index in [1.54, 1.807) is 0 Å². The normalized spacial score (nSPS) is 10.9. The fraction of sp³-hybridized carbons (Fsp3) is 0.474. The number of rotatable bonds is 7. The Labute approximate surface area is 123 Å². The van der Waals surface area contributed by atoms with Gasteiger partial charge in [0.2, 0.25) is 0 Å². The van der Waals surface area contributed by atoms with Crippen LogP contribution in [0, 0.1) is 6.92 Å². The first-order valence-electron chi connectivity index (χ1n) is 7.94. The van der Waals surface area contributed by atoms with Crippen molar-refractivity contribution < 1.29 is 0 Å². The molecule has 0 fully saturated rings. The zero-order valence-electron chi connectivity index (χ0n) is 13.2. The first-order chi connectivity index (χ1) is 9.74. The molecule has 0 saturated carbocycles. The van der Waals surface area contributed by atoms with Crippen LogP contribution < -0.4 is 0 Å². The zero-order chi connectivity index (χ0) is 14.4. The number of aromatic nitrogens is 1. The van der Waals surface area contributed by atoms with Gasteiger partial charge in [0, 0.05) is 12.7 Å². The molecule has 108 valence electrons. The molecule has 0 bridgehead atoms. The molecule has 0 aliphatic rings. The van der Waals surface area contributed by atoms with Crippen molar-refractivity contribution in [2.45, 2.75) is 52.4 Å². The Morgan fingerprint density at radius 2 is 1.65 bits per heavy atom. The molecule has 0 atom stereocenters. The second-order valence-corrected chi connectivity index (χ2v) is 5.76. The molecule has 2 rings (SSSR count). The lowest BCUT2D eigenvalue weighted by molar-refractivity contribution is 0.621. The summed E-state index contributed by atoms with van der Waals surface area (Å²) in [6, 6.07) is 13.1. The highest BCUT2D eigenvalue weighted by Gasteiger charge is 2.10. The fourth-order valence-corrected chi connectivity index (χ4v) is 2.99. The molecular formula is C19H27N. The van der Waals surface area contributed by atoms with Crippen LogP contribution in [0.4, 0.5) is 0 Å². The molecule has 20 heavy (non-hydrogen) atoms. The van der Waals surface area contributed by atoms with Gasteiger partial charge in [-0.25, -0.2) is 0 Å². The van der Waals surface area contributed by atoms with Crippen LogP contribution in [0.2, 0.25) is 0 Å². The molecule has 1 nitrogen and oxygen atoms in total. The minimum Gasteiger partial charge on any atom is -0.347 e. The van der Waals surface area contributed by atoms with Crippen molar-refractivity contribution >= 4 is 0 Å². The average molecular weight is 269 g/mol. The van der Waals surface area contributed by atoms with Crippen LogP contribution in [0.3, 0.4) is 0 Å². The zero-order valence-corrected chi connectivity index (χ0v) is 13.2. The number of unbranched alkanes of at least 4 members (excludes halogenated alkanes) is 4. The number of aryl methyl sites for hydroxylation is 2. The van der Waals surface area contributed by atoms with Gasteiger partial charge in [-0.1, -0.05) is 62.9 Å². The van der Waals surface area contributed by atoms with Gasteiger partial charge in [0.1, 0.15) is 0 Å². The smallest absolute Gasteiger partial charge is 0.0509 e. The van der Waals surface area contributed by atoms with Crippen molar-refractivity contribution in [3.05, 3.63) is 47.7 Å². The van der Waals surface area contributed by atoms with E-state index in [4.69, 9.17) is 0 Å². The van der Waals surface area contributed by atoms with Gasteiger partial charge in [-0.05, 0) is 37.0 Å². The minimum absolute atomic E-state index is 1.20. The number of nitrogens with zero attached hydrogens (tertiary/aromatic N) is 1. The molecule has 1 heteroatoms. The van der Waals surface area contributed by atoms with Crippen molar-refractivity contribution in [3.8, 4) is 11.3 Å². The van der Waals surface area contributed by atoms with E-state index in [1.165, 1.54) is 61.0 Å². The van der Waals surface area contributed by atoms with E-state index in [-0.39, 0.29) is 0 Å². The van der Waals surface area contributed by atoms with Crippen molar-refractivity contribution in [2.24, 2.45) is 7.05 Å². The van der Waals surface area contributed by atoms with E-state index in [1.807, 2.05) is 0 Å². The van der Waals surface area contributed by atoms with E-state index in [2.05, 4.69) is 61.9 Å². The van der Waals surface area contributed by atoms with Gasteiger partial charge < -0.3 is 4.57 Å². The maximum atomic E-state index is 2.38. The fourth-order valence-electron chi connectivity index (χ4n) is 2.99. The Kier molecular flexibility index (Phi) is 5.46. The molecule has 2 aromatic rings. The van der Waals surface area contributed by atoms with E-state index in [0.29, 0.717) is 0 Å². The first-order valence-corrected chi connectivity index (χ1v) is 7.94. The van der Waals surface area contributed by atoms with Gasteiger partial charge in [0.15, 0.2) is 0 Å². The number of hydrogen-bond acceptors (Lipinski definition) is 0. The summed E-state index contributed by atoms with van der Waals surface area (Å²) >= 11 is 0. The Balaban J connectivity index is 2.06. The van der Waals surface area contributed by atoms with Crippen molar-refractivity contribution in [1.29, 1.82) is 0 Å². The third-order valence-corrected chi connectivity index (χ3v) is 4.11. The van der Waals surface area contributed by atoms with Crippen molar-refractivity contribution in [2.75, 3.05) is 0 Å². The summed E-state index contributed by atoms with van der Waals surface area (Å²) in [6.45, 7) is 4.50. The predicted molar refractivity (Wildman–Crippen MR) is 88.0 cm³/mol. The van der Waals surface area contributed by atoms with Crippen LogP contribution in [0.25, 0.3) is 11.3 Å². The van der Waals surface area contributed by atoms with Crippen LogP contribution in [0.15, 0.2) is 36.4 Å². The van der Waals surface area contributed by atoms with Crippen LogP contribution in [-0.4, -0.2) is 4.57 Å². The monoisotopic (exact) mass is 269 g/mol. The van der Waals surface area contributed by atoms with Gasteiger partial charge in [-0.3, -0.25) is 0 Å². The van der Waals surface area contributed by atoms with Crippen LogP contribution in [0.5, 0.6) is 0 Å². The molecule has 0 unspecified atom stereocenters. The largest absolute Gasteiger partial charge is 0.347 e. The lowest BCUT2D eigenvalue weighted by atomic mass is 10.1. The van der Waals surface area contributed by atoms with Gasteiger partial charge in [-0.15, -0.1) is 0 Å². The lowest BCUT2D eigenvalue weighted by Gasteiger charge is -2.09. The Bertz CT molecular complexity index is 522. The standard InChI is InChI=1S/C19H27N/c1-4-5-6-7-11-14-18-15-16(2)19(20(18)3)17-12-9-8-10-13-17/h8-10,12-13,15H,4-7,11,14H2,1-3H3. The summed E-state index contributed by atoms with van der Waals surface area (Å²) in [7, 11) is 2.21. The topological polar surface area (TPSA) is 4.93 Å². The molecule has 0 radical (unpaired) electrons. The Morgan fingerprint density at radius 3 is 2.35 bits per heavy atom. The molecule has 0 N–H and O–H groups in total. The van der Waals surface area contributed by atoms with Crippen molar-refractivity contribution in [3.63, 3.8) is 0 Å². The second-order valence-electron chi connectivity index (χ2n) is 5.76. The number of benzene rings is 1. The van der Waals surface area contributed by atoms with E-state index in [0.717, 1.165) is 0 Å². The first kappa shape index (κ1) is 14.9. The van der Waals surface area contributed by atoms with Gasteiger partial charge >= 0.3 is 0 Å². The summed E-state index contributed by atoms with van der Waals surface area (Å²) in [5.41, 5.74) is 5.55. The predicted octanol–water partition coefficient (Wildman–Crippen LogP) is 5.51. The molecule has 0 amide bonds. The second kappa shape index (κ2) is 7.33. The Morgan fingerprint density at radius 1 is 0.950 bits per heavy atom. The molecule has 0 saturated heterocycles. The minimum atomic E-state index is 1.20. The lowest BCUT2D eigenvalue weighted by Crippen LogP contribution is -1.99. The molecule has 1 heterocycles. The summed E-state index contributed by atoms with van der Waals surface area (Å²) in [5.74, 6) is 0. The quantitative estimate of drug-likeness (QED) is 0.584. The number of hydrogen-bond donors (Lipinski definition) is 0. The van der Waals surface area contributed by atoms with Crippen molar-refractivity contribution in [1.82, 2.24) is 4.57 Å². The SMILES string of the molecule is CCCCCCCc1cc(C)c(-c2ccccc2)n1C. The third-order valence-electron chi connectivity index (χ3n) is 4.11. The third kappa shape index (κ3) is 3.53. The summed E-state index contributed by atoms with van der Waals surface area (Å²) in [6.07, 6.45) is 7.95. The summed E-state index contributed by atoms with van der Waals surface area (Å²) < 4.78 is 2.38. The molecule has 0 spiro atoms. The highest BCUT2D eigenvalue weighted by atomic mass is 15.0. The van der Waals surface area contributed by atoms with Gasteiger partial charge in [0.25, 0.3) is 0 Å². The maximum Gasteiger partial charge on any atom is 0.0509 e. The van der Waals surface area contributed by atoms with E-state index >= 15 is 0 Å². The highest BCUT2D eigenvalue weighted by molar-refractivity contribution is 5.64. The maximum absolute atomic E-state index is 2.38. The van der Waals surface area contributed by atoms with Crippen LogP contribution in [0.1, 0.15) is 50.3 Å². The summed E-state index contributed by atoms with van der Waals surface area (Å²) in [5, 5.41) is 0. The Hall–Kier alpha value is -1.50. The molecule has 0 aliphatic heterocycles. The highest BCUT2D eigenvalue weighted by Crippen LogP contribution is 2.26.